The number of hydrogen-bond acceptors (Lipinski definition) is 5. The van der Waals surface area contributed by atoms with Crippen molar-refractivity contribution in [3.8, 4) is 0 Å². The van der Waals surface area contributed by atoms with Crippen molar-refractivity contribution >= 4 is 17.8 Å². The summed E-state index contributed by atoms with van der Waals surface area (Å²) in [5.74, 6) is -0.751. The maximum atomic E-state index is 13.3. The van der Waals surface area contributed by atoms with Crippen LogP contribution >= 0.6 is 0 Å². The van der Waals surface area contributed by atoms with Gasteiger partial charge in [0.2, 0.25) is 5.95 Å². The molecule has 7 nitrogen and oxygen atoms in total. The van der Waals surface area contributed by atoms with E-state index in [4.69, 9.17) is 5.73 Å². The average Bonchev–Trinajstić information content (AvgIpc) is 2.72. The third-order valence-corrected chi connectivity index (χ3v) is 5.72. The number of likely N-dealkylation sites (tertiary alicyclic amines) is 1. The second-order valence-corrected chi connectivity index (χ2v) is 7.58. The lowest BCUT2D eigenvalue weighted by Gasteiger charge is -2.33. The monoisotopic (exact) mass is 380 g/mol. The second kappa shape index (κ2) is 7.58. The summed E-state index contributed by atoms with van der Waals surface area (Å²) in [6.45, 7) is 1.23. The number of aryl methyl sites for hydroxylation is 1. The van der Waals surface area contributed by atoms with Gasteiger partial charge in [-0.3, -0.25) is 4.79 Å². The normalized spacial score (nSPS) is 19.1. The predicted molar refractivity (Wildman–Crippen MR) is 104 cm³/mol. The molecule has 1 saturated heterocycles. The van der Waals surface area contributed by atoms with Crippen LogP contribution in [0.4, 0.5) is 5.95 Å². The third-order valence-electron chi connectivity index (χ3n) is 5.72. The van der Waals surface area contributed by atoms with E-state index in [0.717, 1.165) is 55.3 Å². The second-order valence-electron chi connectivity index (χ2n) is 7.58. The van der Waals surface area contributed by atoms with Gasteiger partial charge in [0.25, 0.3) is 5.91 Å². The highest BCUT2D eigenvalue weighted by atomic mass is 16.4. The molecule has 1 fully saturated rings. The highest BCUT2D eigenvalue weighted by Crippen LogP contribution is 2.30. The summed E-state index contributed by atoms with van der Waals surface area (Å²) in [6.07, 6.45) is 5.54. The summed E-state index contributed by atoms with van der Waals surface area (Å²) < 4.78 is 0. The molecule has 1 unspecified atom stereocenters. The quantitative estimate of drug-likeness (QED) is 0.847. The molecule has 0 bridgehead atoms. The van der Waals surface area contributed by atoms with Crippen molar-refractivity contribution in [2.24, 2.45) is 0 Å². The Kier molecular flexibility index (Phi) is 4.98. The fourth-order valence-electron chi connectivity index (χ4n) is 4.30. The molecule has 7 heteroatoms. The molecule has 1 aliphatic heterocycles. The number of carbonyl (C=O) groups is 2. The first-order valence-corrected chi connectivity index (χ1v) is 9.80. The zero-order chi connectivity index (χ0) is 19.7. The minimum Gasteiger partial charge on any atom is -0.478 e. The Morgan fingerprint density at radius 2 is 1.96 bits per heavy atom. The van der Waals surface area contributed by atoms with Crippen LogP contribution in [0.1, 0.15) is 69.3 Å². The number of aromatic nitrogens is 2. The molecular weight excluding hydrogens is 356 g/mol. The highest BCUT2D eigenvalue weighted by molar-refractivity contribution is 5.94. The number of benzene rings is 1. The number of nitrogen functional groups attached to an aromatic ring is 1. The molecule has 2 aliphatic rings. The fraction of sp³-hybridized carbons (Fsp3) is 0.429. The van der Waals surface area contributed by atoms with Crippen LogP contribution in [-0.4, -0.2) is 44.9 Å². The Bertz CT molecular complexity index is 928. The first-order chi connectivity index (χ1) is 13.5. The summed E-state index contributed by atoms with van der Waals surface area (Å²) in [5.41, 5.74) is 9.40. The average molecular weight is 380 g/mol. The van der Waals surface area contributed by atoms with Crippen LogP contribution in [0, 0.1) is 0 Å². The van der Waals surface area contributed by atoms with Gasteiger partial charge in [0, 0.05) is 30.3 Å². The molecule has 0 spiro atoms. The minimum absolute atomic E-state index is 0.0914. The maximum Gasteiger partial charge on any atom is 0.335 e. The van der Waals surface area contributed by atoms with Gasteiger partial charge in [-0.15, -0.1) is 0 Å². The van der Waals surface area contributed by atoms with Gasteiger partial charge in [0.05, 0.1) is 5.56 Å². The number of carbonyl (C=O) groups excluding carboxylic acids is 1. The maximum absolute atomic E-state index is 13.3. The van der Waals surface area contributed by atoms with Crippen molar-refractivity contribution in [1.29, 1.82) is 0 Å². The van der Waals surface area contributed by atoms with Gasteiger partial charge in [-0.05, 0) is 56.2 Å². The topological polar surface area (TPSA) is 109 Å². The Balaban J connectivity index is 1.59. The Morgan fingerprint density at radius 1 is 1.14 bits per heavy atom. The van der Waals surface area contributed by atoms with Crippen molar-refractivity contribution in [3.63, 3.8) is 0 Å². The van der Waals surface area contributed by atoms with Crippen LogP contribution in [0.5, 0.6) is 0 Å². The van der Waals surface area contributed by atoms with Crippen LogP contribution < -0.4 is 5.73 Å². The largest absolute Gasteiger partial charge is 0.478 e. The molecule has 1 atom stereocenters. The molecule has 2 aromatic rings. The van der Waals surface area contributed by atoms with Gasteiger partial charge in [0.15, 0.2) is 0 Å². The molecule has 1 aliphatic carbocycles. The van der Waals surface area contributed by atoms with E-state index in [1.165, 1.54) is 0 Å². The molecule has 0 radical (unpaired) electrons. The number of piperidine rings is 1. The smallest absolute Gasteiger partial charge is 0.335 e. The lowest BCUT2D eigenvalue weighted by Crippen LogP contribution is -2.40. The van der Waals surface area contributed by atoms with Gasteiger partial charge in [-0.2, -0.15) is 0 Å². The number of hydrogen-bond donors (Lipinski definition) is 2. The van der Waals surface area contributed by atoms with E-state index in [9.17, 15) is 14.7 Å². The van der Waals surface area contributed by atoms with Gasteiger partial charge in [0.1, 0.15) is 5.69 Å². The summed E-state index contributed by atoms with van der Waals surface area (Å²) in [6, 6.07) is 7.01. The zero-order valence-corrected chi connectivity index (χ0v) is 15.7. The zero-order valence-electron chi connectivity index (χ0n) is 15.7. The number of amides is 1. The van der Waals surface area contributed by atoms with Crippen LogP contribution in [0.2, 0.25) is 0 Å². The number of anilines is 1. The van der Waals surface area contributed by atoms with E-state index in [1.54, 1.807) is 18.2 Å². The van der Waals surface area contributed by atoms with Crippen molar-refractivity contribution < 1.29 is 14.7 Å². The predicted octanol–water partition coefficient (Wildman–Crippen LogP) is 2.66. The number of carboxylic acids is 1. The van der Waals surface area contributed by atoms with E-state index in [2.05, 4.69) is 9.97 Å². The van der Waals surface area contributed by atoms with E-state index in [0.29, 0.717) is 18.8 Å². The van der Waals surface area contributed by atoms with Gasteiger partial charge in [-0.25, -0.2) is 14.8 Å². The van der Waals surface area contributed by atoms with E-state index in [-0.39, 0.29) is 23.3 Å². The van der Waals surface area contributed by atoms with Gasteiger partial charge in [-0.1, -0.05) is 12.1 Å². The fourth-order valence-corrected chi connectivity index (χ4v) is 4.30. The molecule has 1 amide bonds. The van der Waals surface area contributed by atoms with Crippen LogP contribution in [0.25, 0.3) is 0 Å². The van der Waals surface area contributed by atoms with Crippen molar-refractivity contribution in [2.75, 3.05) is 18.8 Å². The van der Waals surface area contributed by atoms with Crippen LogP contribution in [-0.2, 0) is 12.8 Å². The van der Waals surface area contributed by atoms with E-state index < -0.39 is 5.97 Å². The number of carboxylic acid groups (broad SMARTS) is 1. The summed E-state index contributed by atoms with van der Waals surface area (Å²) in [5, 5.41) is 9.24. The molecule has 1 aromatic heterocycles. The number of fused-ring (bicyclic) bond motifs is 1. The number of nitrogens with zero attached hydrogens (tertiary/aromatic N) is 3. The summed E-state index contributed by atoms with van der Waals surface area (Å²) >= 11 is 0. The summed E-state index contributed by atoms with van der Waals surface area (Å²) in [4.78, 5) is 35.0. The van der Waals surface area contributed by atoms with E-state index >= 15 is 0 Å². The van der Waals surface area contributed by atoms with Crippen molar-refractivity contribution in [2.45, 2.75) is 44.4 Å². The minimum atomic E-state index is -0.936. The molecule has 146 valence electrons. The molecular formula is C21H24N4O3. The molecule has 3 N–H and O–H groups in total. The van der Waals surface area contributed by atoms with Crippen LogP contribution in [0.3, 0.4) is 0 Å². The first-order valence-electron chi connectivity index (χ1n) is 9.80. The molecule has 0 saturated carbocycles. The van der Waals surface area contributed by atoms with Crippen molar-refractivity contribution in [3.05, 3.63) is 52.3 Å². The lowest BCUT2D eigenvalue weighted by molar-refractivity contribution is 0.0685. The third kappa shape index (κ3) is 3.56. The molecule has 2 heterocycles. The number of nitrogens with two attached hydrogens (primary N) is 1. The Labute approximate surface area is 163 Å². The highest BCUT2D eigenvalue weighted by Gasteiger charge is 2.30. The Morgan fingerprint density at radius 3 is 2.79 bits per heavy atom. The lowest BCUT2D eigenvalue weighted by atomic mass is 9.89. The number of rotatable bonds is 3. The van der Waals surface area contributed by atoms with Crippen molar-refractivity contribution in [1.82, 2.24) is 14.9 Å². The molecule has 1 aromatic carbocycles. The SMILES string of the molecule is Nc1nc2c(c(C(=O)N3CCCC(c4cccc(C(=O)O)c4)C3)n1)CCCC2. The first kappa shape index (κ1) is 18.4. The summed E-state index contributed by atoms with van der Waals surface area (Å²) in [7, 11) is 0. The molecule has 28 heavy (non-hydrogen) atoms. The van der Waals surface area contributed by atoms with E-state index in [1.807, 2.05) is 11.0 Å². The van der Waals surface area contributed by atoms with Gasteiger partial charge < -0.3 is 15.7 Å². The van der Waals surface area contributed by atoms with Crippen LogP contribution in [0.15, 0.2) is 24.3 Å². The Hall–Kier alpha value is -2.96. The molecule has 4 rings (SSSR count). The van der Waals surface area contributed by atoms with Gasteiger partial charge >= 0.3 is 5.97 Å². The standard InChI is InChI=1S/C21H24N4O3/c22-21-23-17-9-2-1-8-16(17)18(24-21)19(26)25-10-4-7-15(12-25)13-5-3-6-14(11-13)20(27)28/h3,5-6,11,15H,1-2,4,7-10,12H2,(H,27,28)(H2,22,23,24). The number of aromatic carboxylic acids is 1.